The van der Waals surface area contributed by atoms with Crippen LogP contribution in [-0.4, -0.2) is 60.4 Å². The molecule has 1 aromatic carbocycles. The Balaban J connectivity index is 1.56. The van der Waals surface area contributed by atoms with Crippen LogP contribution in [0.1, 0.15) is 41.9 Å². The van der Waals surface area contributed by atoms with Crippen LogP contribution in [0.3, 0.4) is 0 Å². The molecule has 3 rings (SSSR count). The third-order valence-corrected chi connectivity index (χ3v) is 6.39. The van der Waals surface area contributed by atoms with E-state index in [1.165, 1.54) is 11.3 Å². The minimum absolute atomic E-state index is 0.0530. The lowest BCUT2D eigenvalue weighted by Gasteiger charge is -2.23. The highest BCUT2D eigenvalue weighted by Gasteiger charge is 2.34. The van der Waals surface area contributed by atoms with E-state index in [0.29, 0.717) is 31.0 Å². The van der Waals surface area contributed by atoms with E-state index in [4.69, 9.17) is 4.74 Å². The van der Waals surface area contributed by atoms with E-state index in [2.05, 4.69) is 24.1 Å². The van der Waals surface area contributed by atoms with Gasteiger partial charge in [0.15, 0.2) is 0 Å². The molecule has 0 radical (unpaired) electrons. The van der Waals surface area contributed by atoms with E-state index in [0.717, 1.165) is 37.4 Å². The second-order valence-electron chi connectivity index (χ2n) is 7.33. The molecule has 6 nitrogen and oxygen atoms in total. The van der Waals surface area contributed by atoms with Crippen LogP contribution in [0.15, 0.2) is 41.8 Å². The Kier molecular flexibility index (Phi) is 8.28. The molecule has 0 bridgehead atoms. The molecular formula is C23H31N3O3S. The number of benzene rings is 1. The van der Waals surface area contributed by atoms with Gasteiger partial charge in [0, 0.05) is 25.2 Å². The van der Waals surface area contributed by atoms with Gasteiger partial charge in [0.2, 0.25) is 5.91 Å². The first-order chi connectivity index (χ1) is 14.6. The fourth-order valence-electron chi connectivity index (χ4n) is 3.74. The largest absolute Gasteiger partial charge is 0.492 e. The van der Waals surface area contributed by atoms with Crippen LogP contribution in [0, 0.1) is 0 Å². The predicted octanol–water partition coefficient (Wildman–Crippen LogP) is 3.39. The number of hydrogen-bond donors (Lipinski definition) is 1. The number of nitrogens with one attached hydrogen (secondary N) is 1. The number of thiophene rings is 1. The maximum Gasteiger partial charge on any atom is 0.264 e. The van der Waals surface area contributed by atoms with E-state index in [1.54, 1.807) is 4.90 Å². The van der Waals surface area contributed by atoms with Crippen molar-refractivity contribution in [1.82, 2.24) is 15.1 Å². The molecule has 1 N–H and O–H groups in total. The van der Waals surface area contributed by atoms with Gasteiger partial charge in [-0.1, -0.05) is 38.1 Å². The second kappa shape index (κ2) is 11.1. The summed E-state index contributed by atoms with van der Waals surface area (Å²) in [5.74, 6) is 0.640. The first-order valence-corrected chi connectivity index (χ1v) is 11.6. The highest BCUT2D eigenvalue weighted by Crippen LogP contribution is 2.23. The Morgan fingerprint density at radius 2 is 2.00 bits per heavy atom. The SMILES string of the molecule is CCN(CC)CCOc1ccccc1CNC(=O)[C@@H]1CCCN1C(=O)c1cccs1. The van der Waals surface area contributed by atoms with Crippen LogP contribution in [0.4, 0.5) is 0 Å². The fourth-order valence-corrected chi connectivity index (χ4v) is 4.42. The van der Waals surface area contributed by atoms with Crippen LogP contribution in [0.5, 0.6) is 5.75 Å². The highest BCUT2D eigenvalue weighted by molar-refractivity contribution is 7.12. The van der Waals surface area contributed by atoms with Gasteiger partial charge in [-0.2, -0.15) is 0 Å². The zero-order valence-electron chi connectivity index (χ0n) is 17.8. The number of ether oxygens (including phenoxy) is 1. The third-order valence-electron chi connectivity index (χ3n) is 5.53. The molecule has 1 aliphatic rings. The number of para-hydroxylation sites is 1. The van der Waals surface area contributed by atoms with Gasteiger partial charge in [-0.15, -0.1) is 11.3 Å². The number of carbonyl (C=O) groups is 2. The van der Waals surface area contributed by atoms with Crippen molar-refractivity contribution < 1.29 is 14.3 Å². The van der Waals surface area contributed by atoms with Crippen molar-refractivity contribution in [3.63, 3.8) is 0 Å². The van der Waals surface area contributed by atoms with E-state index >= 15 is 0 Å². The molecule has 0 saturated carbocycles. The van der Waals surface area contributed by atoms with Gasteiger partial charge < -0.3 is 19.9 Å². The molecule has 2 heterocycles. The summed E-state index contributed by atoms with van der Waals surface area (Å²) in [6, 6.07) is 11.1. The average molecular weight is 430 g/mol. The summed E-state index contributed by atoms with van der Waals surface area (Å²) < 4.78 is 5.98. The van der Waals surface area contributed by atoms with E-state index in [-0.39, 0.29) is 11.8 Å². The summed E-state index contributed by atoms with van der Waals surface area (Å²) in [6.07, 6.45) is 1.55. The Hall–Kier alpha value is -2.38. The first kappa shape index (κ1) is 22.3. The average Bonchev–Trinajstić information content (AvgIpc) is 3.47. The van der Waals surface area contributed by atoms with Crippen molar-refractivity contribution >= 4 is 23.2 Å². The zero-order chi connectivity index (χ0) is 21.3. The lowest BCUT2D eigenvalue weighted by Crippen LogP contribution is -2.45. The van der Waals surface area contributed by atoms with Crippen LogP contribution < -0.4 is 10.1 Å². The molecule has 0 aliphatic carbocycles. The molecule has 0 unspecified atom stereocenters. The van der Waals surface area contributed by atoms with Crippen molar-refractivity contribution in [2.24, 2.45) is 0 Å². The highest BCUT2D eigenvalue weighted by atomic mass is 32.1. The van der Waals surface area contributed by atoms with Gasteiger partial charge >= 0.3 is 0 Å². The van der Waals surface area contributed by atoms with Crippen molar-refractivity contribution in [3.8, 4) is 5.75 Å². The van der Waals surface area contributed by atoms with E-state index in [1.807, 2.05) is 41.8 Å². The number of likely N-dealkylation sites (N-methyl/N-ethyl adjacent to an activating group) is 1. The number of nitrogens with zero attached hydrogens (tertiary/aromatic N) is 2. The molecule has 162 valence electrons. The van der Waals surface area contributed by atoms with E-state index < -0.39 is 6.04 Å². The maximum absolute atomic E-state index is 12.8. The van der Waals surface area contributed by atoms with Gasteiger partial charge in [0.25, 0.3) is 5.91 Å². The summed E-state index contributed by atoms with van der Waals surface area (Å²) in [5.41, 5.74) is 0.944. The molecule has 1 atom stereocenters. The molecular weight excluding hydrogens is 398 g/mol. The lowest BCUT2D eigenvalue weighted by atomic mass is 10.1. The van der Waals surface area contributed by atoms with Crippen molar-refractivity contribution in [1.29, 1.82) is 0 Å². The quantitative estimate of drug-likeness (QED) is 0.629. The molecule has 1 aliphatic heterocycles. The molecule has 1 fully saturated rings. The van der Waals surface area contributed by atoms with Gasteiger partial charge in [-0.25, -0.2) is 0 Å². The lowest BCUT2D eigenvalue weighted by molar-refractivity contribution is -0.125. The fraction of sp³-hybridized carbons (Fsp3) is 0.478. The number of rotatable bonds is 10. The molecule has 1 aromatic heterocycles. The van der Waals surface area contributed by atoms with Crippen LogP contribution >= 0.6 is 11.3 Å². The topological polar surface area (TPSA) is 61.9 Å². The van der Waals surface area contributed by atoms with Crippen LogP contribution in [0.2, 0.25) is 0 Å². The standard InChI is InChI=1S/C23H31N3O3S/c1-3-25(4-2)14-15-29-20-11-6-5-9-18(20)17-24-22(27)19-10-7-13-26(19)23(28)21-12-8-16-30-21/h5-6,8-9,11-12,16,19H,3-4,7,10,13-15,17H2,1-2H3,(H,24,27)/t19-/m0/s1. The summed E-state index contributed by atoms with van der Waals surface area (Å²) in [5, 5.41) is 4.90. The normalized spacial score (nSPS) is 16.1. The summed E-state index contributed by atoms with van der Waals surface area (Å²) in [7, 11) is 0. The molecule has 30 heavy (non-hydrogen) atoms. The van der Waals surface area contributed by atoms with Gasteiger partial charge in [0.05, 0.1) is 4.88 Å². The van der Waals surface area contributed by atoms with E-state index in [9.17, 15) is 9.59 Å². The number of carbonyl (C=O) groups excluding carboxylic acids is 2. The predicted molar refractivity (Wildman–Crippen MR) is 120 cm³/mol. The molecule has 7 heteroatoms. The number of amides is 2. The maximum atomic E-state index is 12.8. The van der Waals surface area contributed by atoms with Gasteiger partial charge in [-0.05, 0) is 43.4 Å². The third kappa shape index (κ3) is 5.61. The number of likely N-dealkylation sites (tertiary alicyclic amines) is 1. The Labute approximate surface area is 182 Å². The van der Waals surface area contributed by atoms with Crippen molar-refractivity contribution in [2.75, 3.05) is 32.8 Å². The zero-order valence-corrected chi connectivity index (χ0v) is 18.6. The van der Waals surface area contributed by atoms with Crippen molar-refractivity contribution in [3.05, 3.63) is 52.2 Å². The molecule has 0 spiro atoms. The Morgan fingerprint density at radius 1 is 1.20 bits per heavy atom. The minimum Gasteiger partial charge on any atom is -0.492 e. The molecule has 1 saturated heterocycles. The van der Waals surface area contributed by atoms with Crippen LogP contribution in [0.25, 0.3) is 0 Å². The number of hydrogen-bond acceptors (Lipinski definition) is 5. The van der Waals surface area contributed by atoms with Gasteiger partial charge in [-0.3, -0.25) is 9.59 Å². The summed E-state index contributed by atoms with van der Waals surface area (Å²) >= 11 is 1.41. The summed E-state index contributed by atoms with van der Waals surface area (Å²) in [4.78, 5) is 30.2. The van der Waals surface area contributed by atoms with Gasteiger partial charge in [0.1, 0.15) is 18.4 Å². The minimum atomic E-state index is -0.407. The van der Waals surface area contributed by atoms with Crippen LogP contribution in [-0.2, 0) is 11.3 Å². The molecule has 2 amide bonds. The summed E-state index contributed by atoms with van der Waals surface area (Å²) in [6.45, 7) is 8.77. The smallest absolute Gasteiger partial charge is 0.264 e. The molecule has 2 aromatic rings. The second-order valence-corrected chi connectivity index (χ2v) is 8.28. The monoisotopic (exact) mass is 429 g/mol. The Bertz CT molecular complexity index is 821. The van der Waals surface area contributed by atoms with Crippen molar-refractivity contribution in [2.45, 2.75) is 39.3 Å². The first-order valence-electron chi connectivity index (χ1n) is 10.7. The Morgan fingerprint density at radius 3 is 2.73 bits per heavy atom.